The van der Waals surface area contributed by atoms with Crippen LogP contribution >= 0.6 is 23.4 Å². The van der Waals surface area contributed by atoms with Crippen molar-refractivity contribution < 1.29 is 10.0 Å². The molecule has 0 spiro atoms. The summed E-state index contributed by atoms with van der Waals surface area (Å²) in [5, 5.41) is 20.4. The molecule has 2 aromatic rings. The molecule has 2 aromatic carbocycles. The molecule has 0 radical (unpaired) electrons. The Morgan fingerprint density at radius 1 is 1.21 bits per heavy atom. The minimum Gasteiger partial charge on any atom is -0.508 e. The first kappa shape index (κ1) is 13.7. The lowest BCUT2D eigenvalue weighted by Crippen LogP contribution is -1.90. The molecule has 0 aromatic heterocycles. The van der Waals surface area contributed by atoms with E-state index in [0.717, 1.165) is 4.90 Å². The lowest BCUT2D eigenvalue weighted by Gasteiger charge is -2.04. The molecule has 6 heteroatoms. The van der Waals surface area contributed by atoms with Gasteiger partial charge in [-0.15, -0.1) is 11.8 Å². The number of phenols is 1. The number of thioether (sulfide) groups is 1. The van der Waals surface area contributed by atoms with Crippen LogP contribution in [0.3, 0.4) is 0 Å². The molecule has 1 N–H and O–H groups in total. The number of hydrogen-bond acceptors (Lipinski definition) is 4. The molecule has 0 heterocycles. The molecule has 2 rings (SSSR count). The van der Waals surface area contributed by atoms with Gasteiger partial charge in [0.2, 0.25) is 0 Å². The molecule has 0 saturated heterocycles. The lowest BCUT2D eigenvalue weighted by molar-refractivity contribution is -0.384. The molecule has 98 valence electrons. The monoisotopic (exact) mass is 295 g/mol. The van der Waals surface area contributed by atoms with Gasteiger partial charge in [-0.25, -0.2) is 0 Å². The summed E-state index contributed by atoms with van der Waals surface area (Å²) in [6.07, 6.45) is 0. The Kier molecular flexibility index (Phi) is 4.29. The first-order valence-electron chi connectivity index (χ1n) is 5.41. The van der Waals surface area contributed by atoms with E-state index in [2.05, 4.69) is 0 Å². The predicted molar refractivity (Wildman–Crippen MR) is 75.8 cm³/mol. The van der Waals surface area contributed by atoms with Crippen LogP contribution in [-0.2, 0) is 5.75 Å². The van der Waals surface area contributed by atoms with Gasteiger partial charge in [0.15, 0.2) is 0 Å². The van der Waals surface area contributed by atoms with Crippen LogP contribution in [-0.4, -0.2) is 10.0 Å². The zero-order valence-electron chi connectivity index (χ0n) is 9.75. The van der Waals surface area contributed by atoms with E-state index in [-0.39, 0.29) is 11.4 Å². The molecule has 0 aliphatic heterocycles. The number of rotatable bonds is 4. The number of aromatic hydroxyl groups is 1. The minimum atomic E-state index is -0.439. The van der Waals surface area contributed by atoms with Gasteiger partial charge in [0, 0.05) is 27.8 Å². The summed E-state index contributed by atoms with van der Waals surface area (Å²) in [5.74, 6) is 0.739. The quantitative estimate of drug-likeness (QED) is 0.520. The molecule has 0 aliphatic carbocycles. The van der Waals surface area contributed by atoms with Gasteiger partial charge in [-0.2, -0.15) is 0 Å². The van der Waals surface area contributed by atoms with Crippen molar-refractivity contribution in [3.63, 3.8) is 0 Å². The maximum atomic E-state index is 10.7. The number of hydrogen-bond donors (Lipinski definition) is 1. The molecule has 0 amide bonds. The smallest absolute Gasteiger partial charge is 0.269 e. The Hall–Kier alpha value is -1.72. The highest BCUT2D eigenvalue weighted by Crippen LogP contribution is 2.29. The van der Waals surface area contributed by atoms with Crippen LogP contribution in [0, 0.1) is 10.1 Å². The van der Waals surface area contributed by atoms with E-state index in [1.165, 1.54) is 30.0 Å². The number of nitrogens with zero attached hydrogens (tertiary/aromatic N) is 1. The zero-order valence-corrected chi connectivity index (χ0v) is 11.3. The van der Waals surface area contributed by atoms with Gasteiger partial charge >= 0.3 is 0 Å². The summed E-state index contributed by atoms with van der Waals surface area (Å²) >= 11 is 7.52. The summed E-state index contributed by atoms with van der Waals surface area (Å²) in [4.78, 5) is 11.2. The van der Waals surface area contributed by atoms with E-state index in [4.69, 9.17) is 11.6 Å². The van der Waals surface area contributed by atoms with Gasteiger partial charge in [-0.1, -0.05) is 11.6 Å². The SMILES string of the molecule is O=[N+]([O-])c1ccc(Cl)c(CSc2ccc(O)cc2)c1. The van der Waals surface area contributed by atoms with Crippen LogP contribution in [0.4, 0.5) is 5.69 Å². The van der Waals surface area contributed by atoms with Gasteiger partial charge in [-0.3, -0.25) is 10.1 Å². The molecule has 4 nitrogen and oxygen atoms in total. The third kappa shape index (κ3) is 3.62. The second-order valence-corrected chi connectivity index (χ2v) is 5.27. The second kappa shape index (κ2) is 5.95. The normalized spacial score (nSPS) is 10.4. The first-order valence-corrected chi connectivity index (χ1v) is 6.77. The van der Waals surface area contributed by atoms with Gasteiger partial charge in [0.1, 0.15) is 5.75 Å². The van der Waals surface area contributed by atoms with Crippen molar-refractivity contribution in [2.75, 3.05) is 0 Å². The molecule has 0 aliphatic rings. The van der Waals surface area contributed by atoms with Crippen LogP contribution in [0.5, 0.6) is 5.75 Å². The van der Waals surface area contributed by atoms with Crippen molar-refractivity contribution in [1.29, 1.82) is 0 Å². The maximum Gasteiger partial charge on any atom is 0.269 e. The molecule has 0 saturated carbocycles. The van der Waals surface area contributed by atoms with Crippen molar-refractivity contribution >= 4 is 29.1 Å². The summed E-state index contributed by atoms with van der Waals surface area (Å²) in [5.41, 5.74) is 0.750. The zero-order chi connectivity index (χ0) is 13.8. The molecular formula is C13H10ClNO3S. The minimum absolute atomic E-state index is 0.0331. The third-order valence-corrected chi connectivity index (χ3v) is 3.90. The van der Waals surface area contributed by atoms with E-state index in [0.29, 0.717) is 16.3 Å². The third-order valence-electron chi connectivity index (χ3n) is 2.47. The highest BCUT2D eigenvalue weighted by molar-refractivity contribution is 7.98. The fourth-order valence-electron chi connectivity index (χ4n) is 1.49. The van der Waals surface area contributed by atoms with E-state index >= 15 is 0 Å². The van der Waals surface area contributed by atoms with Crippen molar-refractivity contribution in [2.45, 2.75) is 10.6 Å². The van der Waals surface area contributed by atoms with Crippen LogP contribution in [0.15, 0.2) is 47.4 Å². The lowest BCUT2D eigenvalue weighted by atomic mass is 10.2. The van der Waals surface area contributed by atoms with Crippen molar-refractivity contribution in [2.24, 2.45) is 0 Å². The molecule has 19 heavy (non-hydrogen) atoms. The van der Waals surface area contributed by atoms with Crippen molar-refractivity contribution in [3.05, 3.63) is 63.2 Å². The van der Waals surface area contributed by atoms with E-state index in [9.17, 15) is 15.2 Å². The van der Waals surface area contributed by atoms with Crippen LogP contribution in [0.1, 0.15) is 5.56 Å². The number of phenolic OH excluding ortho intramolecular Hbond substituents is 1. The summed E-state index contributed by atoms with van der Waals surface area (Å²) < 4.78 is 0. The summed E-state index contributed by atoms with van der Waals surface area (Å²) in [7, 11) is 0. The number of benzene rings is 2. The Morgan fingerprint density at radius 2 is 1.89 bits per heavy atom. The highest BCUT2D eigenvalue weighted by Gasteiger charge is 2.10. The maximum absolute atomic E-state index is 10.7. The first-order chi connectivity index (χ1) is 9.06. The molecule has 0 atom stereocenters. The van der Waals surface area contributed by atoms with Crippen molar-refractivity contribution in [3.8, 4) is 5.75 Å². The molecular weight excluding hydrogens is 286 g/mol. The van der Waals surface area contributed by atoms with Gasteiger partial charge in [-0.05, 0) is 35.9 Å². The number of non-ortho nitro benzene ring substituents is 1. The summed E-state index contributed by atoms with van der Waals surface area (Å²) in [6, 6.07) is 11.2. The topological polar surface area (TPSA) is 63.4 Å². The van der Waals surface area contributed by atoms with E-state index in [1.54, 1.807) is 24.3 Å². The molecule has 0 unspecified atom stereocenters. The largest absolute Gasteiger partial charge is 0.508 e. The van der Waals surface area contributed by atoms with Gasteiger partial charge in [0.05, 0.1) is 4.92 Å². The average molecular weight is 296 g/mol. The van der Waals surface area contributed by atoms with Crippen LogP contribution in [0.2, 0.25) is 5.02 Å². The highest BCUT2D eigenvalue weighted by atomic mass is 35.5. The summed E-state index contributed by atoms with van der Waals surface area (Å²) in [6.45, 7) is 0. The van der Waals surface area contributed by atoms with E-state index < -0.39 is 4.92 Å². The van der Waals surface area contributed by atoms with Crippen LogP contribution < -0.4 is 0 Å². The fraction of sp³-hybridized carbons (Fsp3) is 0.0769. The second-order valence-electron chi connectivity index (χ2n) is 3.82. The Bertz CT molecular complexity index is 601. The molecule has 0 bridgehead atoms. The predicted octanol–water partition coefficient (Wildman–Crippen LogP) is 4.25. The Balaban J connectivity index is 2.12. The van der Waals surface area contributed by atoms with Gasteiger partial charge < -0.3 is 5.11 Å². The van der Waals surface area contributed by atoms with Gasteiger partial charge in [0.25, 0.3) is 5.69 Å². The fourth-order valence-corrected chi connectivity index (χ4v) is 2.64. The number of nitro groups is 1. The average Bonchev–Trinajstić information content (AvgIpc) is 2.39. The number of halogens is 1. The number of nitro benzene ring substituents is 1. The Morgan fingerprint density at radius 3 is 2.53 bits per heavy atom. The van der Waals surface area contributed by atoms with Crippen molar-refractivity contribution in [1.82, 2.24) is 0 Å². The Labute approximate surface area is 119 Å². The van der Waals surface area contributed by atoms with Crippen LogP contribution in [0.25, 0.3) is 0 Å². The molecule has 0 fully saturated rings. The van der Waals surface area contributed by atoms with E-state index in [1.807, 2.05) is 0 Å². The standard InChI is InChI=1S/C13H10ClNO3S/c14-13-6-1-10(15(17)18)7-9(13)8-19-12-4-2-11(16)3-5-12/h1-7,16H,8H2.